The largest absolute Gasteiger partial charge is 0.495 e. The number of nitro benzene ring substituents is 2. The Balaban J connectivity index is 1.69. The topological polar surface area (TPSA) is 165 Å². The van der Waals surface area contributed by atoms with E-state index in [0.29, 0.717) is 17.4 Å². The Labute approximate surface area is 265 Å². The predicted molar refractivity (Wildman–Crippen MR) is 170 cm³/mol. The number of aryl methyl sites for hydroxylation is 3. The van der Waals surface area contributed by atoms with Gasteiger partial charge in [-0.1, -0.05) is 47.5 Å². The zero-order valence-electron chi connectivity index (χ0n) is 24.0. The molecule has 0 aliphatic rings. The zero-order chi connectivity index (χ0) is 32.4. The smallest absolute Gasteiger partial charge is 0.293 e. The number of para-hydroxylation sites is 1. The summed E-state index contributed by atoms with van der Waals surface area (Å²) in [6.45, 7) is 1.80. The number of pyridine rings is 1. The van der Waals surface area contributed by atoms with Crippen LogP contribution in [-0.2, 0) is 13.0 Å². The number of nitro groups is 2. The monoisotopic (exact) mass is 650 g/mol. The number of ether oxygens (including phenoxy) is 2. The molecule has 0 atom stereocenters. The Bertz CT molecular complexity index is 2010. The van der Waals surface area contributed by atoms with E-state index in [9.17, 15) is 25.0 Å². The third kappa shape index (κ3) is 6.08. The summed E-state index contributed by atoms with van der Waals surface area (Å²) in [5.74, 6) is 0.496. The third-order valence-electron chi connectivity index (χ3n) is 7.13. The molecule has 0 fully saturated rings. The van der Waals surface area contributed by atoms with Gasteiger partial charge < -0.3 is 14.8 Å². The fourth-order valence-corrected chi connectivity index (χ4v) is 5.54. The molecule has 0 radical (unpaired) electrons. The summed E-state index contributed by atoms with van der Waals surface area (Å²) < 4.78 is 12.2. The van der Waals surface area contributed by atoms with Crippen LogP contribution in [0.15, 0.2) is 65.6 Å². The number of fused-ring (bicyclic) bond motifs is 1. The van der Waals surface area contributed by atoms with E-state index in [-0.39, 0.29) is 67.9 Å². The minimum atomic E-state index is -0.515. The standard InChI is InChI=1S/C30H24Cl2N6O7/c1-16-5-4-6-21(38(42)43)27(16)34-30-33-15-18-13-20(24-25(31)22(44-2)14-23(45-3)26(24)32)29(39)36(28(18)35-30)12-11-17-7-9-19(10-8-17)37(40)41/h4-10,13-15H,11-12H2,1-3H3,(H,33,34,35). The molecule has 0 aliphatic heterocycles. The van der Waals surface area contributed by atoms with Crippen molar-refractivity contribution in [1.82, 2.24) is 14.5 Å². The van der Waals surface area contributed by atoms with Gasteiger partial charge in [-0.3, -0.25) is 29.6 Å². The van der Waals surface area contributed by atoms with Crippen LogP contribution in [0.2, 0.25) is 10.0 Å². The number of rotatable bonds is 10. The van der Waals surface area contributed by atoms with Crippen LogP contribution in [0.3, 0.4) is 0 Å². The van der Waals surface area contributed by atoms with Crippen molar-refractivity contribution in [2.45, 2.75) is 19.9 Å². The van der Waals surface area contributed by atoms with Crippen LogP contribution in [0.25, 0.3) is 22.2 Å². The van der Waals surface area contributed by atoms with Gasteiger partial charge in [-0.15, -0.1) is 0 Å². The van der Waals surface area contributed by atoms with E-state index in [1.54, 1.807) is 37.3 Å². The Morgan fingerprint density at radius 2 is 1.62 bits per heavy atom. The molecule has 5 aromatic rings. The highest BCUT2D eigenvalue weighted by atomic mass is 35.5. The summed E-state index contributed by atoms with van der Waals surface area (Å²) >= 11 is 13.3. The molecule has 3 aromatic carbocycles. The minimum Gasteiger partial charge on any atom is -0.495 e. The maximum atomic E-state index is 14.2. The van der Waals surface area contributed by atoms with Crippen LogP contribution in [0.5, 0.6) is 11.5 Å². The molecule has 2 aromatic heterocycles. The van der Waals surface area contributed by atoms with E-state index in [2.05, 4.69) is 15.3 Å². The lowest BCUT2D eigenvalue weighted by Crippen LogP contribution is -2.24. The Morgan fingerprint density at radius 1 is 0.956 bits per heavy atom. The fraction of sp³-hybridized carbons (Fsp3) is 0.167. The molecule has 0 spiro atoms. The zero-order valence-corrected chi connectivity index (χ0v) is 25.5. The van der Waals surface area contributed by atoms with Crippen molar-refractivity contribution in [3.05, 3.63) is 113 Å². The van der Waals surface area contributed by atoms with Crippen molar-refractivity contribution < 1.29 is 19.3 Å². The molecular weight excluding hydrogens is 627 g/mol. The molecule has 0 amide bonds. The molecule has 0 saturated carbocycles. The molecule has 0 aliphatic carbocycles. The lowest BCUT2D eigenvalue weighted by molar-refractivity contribution is -0.384. The number of benzene rings is 3. The van der Waals surface area contributed by atoms with Crippen LogP contribution >= 0.6 is 23.2 Å². The molecule has 15 heteroatoms. The molecule has 230 valence electrons. The Hall–Kier alpha value is -5.27. The molecule has 1 N–H and O–H groups in total. The maximum absolute atomic E-state index is 14.2. The molecule has 0 unspecified atom stereocenters. The molecule has 5 rings (SSSR count). The predicted octanol–water partition coefficient (Wildman–Crippen LogP) is 6.89. The number of hydrogen-bond donors (Lipinski definition) is 1. The second-order valence-corrected chi connectivity index (χ2v) is 10.6. The van der Waals surface area contributed by atoms with Gasteiger partial charge in [0.05, 0.1) is 39.7 Å². The first kappa shape index (κ1) is 31.2. The minimum absolute atomic E-state index is 0.0234. The normalized spacial score (nSPS) is 11.0. The molecule has 13 nitrogen and oxygen atoms in total. The van der Waals surface area contributed by atoms with Gasteiger partial charge in [0.1, 0.15) is 22.8 Å². The second-order valence-electron chi connectivity index (χ2n) is 9.80. The maximum Gasteiger partial charge on any atom is 0.293 e. The Kier molecular flexibility index (Phi) is 8.84. The van der Waals surface area contributed by atoms with Gasteiger partial charge in [-0.2, -0.15) is 4.98 Å². The number of hydrogen-bond acceptors (Lipinski definition) is 10. The van der Waals surface area contributed by atoms with E-state index in [4.69, 9.17) is 32.7 Å². The van der Waals surface area contributed by atoms with Crippen LogP contribution < -0.4 is 20.3 Å². The van der Waals surface area contributed by atoms with E-state index >= 15 is 0 Å². The molecule has 0 saturated heterocycles. The molecule has 45 heavy (non-hydrogen) atoms. The van der Waals surface area contributed by atoms with Gasteiger partial charge in [-0.25, -0.2) is 4.98 Å². The number of aromatic nitrogens is 3. The summed E-state index contributed by atoms with van der Waals surface area (Å²) in [5.41, 5.74) is 1.33. The highest BCUT2D eigenvalue weighted by molar-refractivity contribution is 6.41. The number of nitrogens with zero attached hydrogens (tertiary/aromatic N) is 5. The summed E-state index contributed by atoms with van der Waals surface area (Å²) in [6, 6.07) is 13.7. The van der Waals surface area contributed by atoms with Crippen LogP contribution in [-0.4, -0.2) is 38.6 Å². The van der Waals surface area contributed by atoms with Gasteiger partial charge in [0.25, 0.3) is 16.9 Å². The molecule has 2 heterocycles. The lowest BCUT2D eigenvalue weighted by atomic mass is 10.0. The quantitative estimate of drug-likeness (QED) is 0.124. The number of nitrogens with one attached hydrogen (secondary N) is 1. The molecular formula is C30H24Cl2N6O7. The second kappa shape index (κ2) is 12.8. The van der Waals surface area contributed by atoms with Gasteiger partial charge in [-0.05, 0) is 30.5 Å². The summed E-state index contributed by atoms with van der Waals surface area (Å²) in [5, 5.41) is 26.3. The Morgan fingerprint density at radius 3 is 2.22 bits per heavy atom. The van der Waals surface area contributed by atoms with Crippen LogP contribution in [0, 0.1) is 27.2 Å². The summed E-state index contributed by atoms with van der Waals surface area (Å²) in [4.78, 5) is 44.9. The van der Waals surface area contributed by atoms with Gasteiger partial charge >= 0.3 is 0 Å². The lowest BCUT2D eigenvalue weighted by Gasteiger charge is -2.17. The fourth-order valence-electron chi connectivity index (χ4n) is 4.83. The highest BCUT2D eigenvalue weighted by Crippen LogP contribution is 2.45. The van der Waals surface area contributed by atoms with Crippen molar-refractivity contribution in [3.8, 4) is 22.6 Å². The van der Waals surface area contributed by atoms with Crippen molar-refractivity contribution >= 4 is 57.2 Å². The average Bonchev–Trinajstić information content (AvgIpc) is 3.02. The molecule has 0 bridgehead atoms. The summed E-state index contributed by atoms with van der Waals surface area (Å²) in [6.07, 6.45) is 1.77. The first-order valence-corrected chi connectivity index (χ1v) is 14.0. The van der Waals surface area contributed by atoms with Crippen molar-refractivity contribution in [3.63, 3.8) is 0 Å². The summed E-state index contributed by atoms with van der Waals surface area (Å²) in [7, 11) is 2.84. The van der Waals surface area contributed by atoms with Gasteiger partial charge in [0.15, 0.2) is 0 Å². The van der Waals surface area contributed by atoms with E-state index in [0.717, 1.165) is 5.56 Å². The van der Waals surface area contributed by atoms with E-state index in [1.807, 2.05) is 0 Å². The first-order valence-electron chi connectivity index (χ1n) is 13.3. The van der Waals surface area contributed by atoms with Crippen molar-refractivity contribution in [2.75, 3.05) is 19.5 Å². The van der Waals surface area contributed by atoms with Crippen molar-refractivity contribution in [1.29, 1.82) is 0 Å². The number of methoxy groups -OCH3 is 2. The van der Waals surface area contributed by atoms with E-state index < -0.39 is 15.4 Å². The van der Waals surface area contributed by atoms with E-state index in [1.165, 1.54) is 49.2 Å². The number of non-ortho nitro benzene ring substituents is 1. The van der Waals surface area contributed by atoms with Gasteiger partial charge in [0, 0.05) is 48.0 Å². The van der Waals surface area contributed by atoms with Gasteiger partial charge in [0.2, 0.25) is 5.95 Å². The van der Waals surface area contributed by atoms with Crippen molar-refractivity contribution in [2.24, 2.45) is 0 Å². The van der Waals surface area contributed by atoms with Crippen LogP contribution in [0.1, 0.15) is 11.1 Å². The number of halogens is 2. The highest BCUT2D eigenvalue weighted by Gasteiger charge is 2.24. The SMILES string of the molecule is COc1cc(OC)c(Cl)c(-c2cc3cnc(Nc4c(C)cccc4[N+](=O)[O-])nc3n(CCc3ccc([N+](=O)[O-])cc3)c2=O)c1Cl. The average molecular weight is 651 g/mol. The van der Waals surface area contributed by atoms with Crippen LogP contribution in [0.4, 0.5) is 23.0 Å². The first-order chi connectivity index (χ1) is 21.5. The third-order valence-corrected chi connectivity index (χ3v) is 7.88. The number of anilines is 2.